The number of ether oxygens (including phenoxy) is 1. The van der Waals surface area contributed by atoms with E-state index in [4.69, 9.17) is 4.74 Å². The van der Waals surface area contributed by atoms with E-state index in [1.807, 2.05) is 54.6 Å². The quantitative estimate of drug-likeness (QED) is 0.616. The number of carboxylic acid groups (broad SMARTS) is 1. The van der Waals surface area contributed by atoms with E-state index in [-0.39, 0.29) is 18.4 Å². The van der Waals surface area contributed by atoms with Crippen molar-refractivity contribution in [3.8, 4) is 11.1 Å². The van der Waals surface area contributed by atoms with Crippen molar-refractivity contribution in [2.45, 2.75) is 30.7 Å². The third-order valence-corrected chi connectivity index (χ3v) is 6.73. The van der Waals surface area contributed by atoms with E-state index in [0.29, 0.717) is 13.0 Å². The zero-order valence-electron chi connectivity index (χ0n) is 17.7. The topological polar surface area (TPSA) is 66.8 Å². The maximum absolute atomic E-state index is 13.0. The molecule has 32 heavy (non-hydrogen) atoms. The van der Waals surface area contributed by atoms with Crippen LogP contribution in [0.5, 0.6) is 0 Å². The van der Waals surface area contributed by atoms with Gasteiger partial charge in [0.25, 0.3) is 0 Å². The molecule has 162 valence electrons. The van der Waals surface area contributed by atoms with Crippen LogP contribution in [0.1, 0.15) is 41.4 Å². The average Bonchev–Trinajstić information content (AvgIpc) is 3.16. The van der Waals surface area contributed by atoms with E-state index in [0.717, 1.165) is 34.2 Å². The first-order valence-corrected chi connectivity index (χ1v) is 11.0. The van der Waals surface area contributed by atoms with Gasteiger partial charge in [-0.3, -0.25) is 4.90 Å². The standard InChI is InChI=1S/C27H25NO4/c29-26(30)25-16-19(18-8-2-1-3-9-18)14-15-28(25)27(31)32-17-24-22-12-6-4-10-20(22)21-11-5-7-13-23(21)24/h1-13,19,24-25H,14-17H2,(H,29,30). The van der Waals surface area contributed by atoms with Crippen molar-refractivity contribution in [1.29, 1.82) is 0 Å². The first kappa shape index (κ1) is 20.3. The highest BCUT2D eigenvalue weighted by atomic mass is 16.6. The maximum atomic E-state index is 13.0. The largest absolute Gasteiger partial charge is 0.480 e. The minimum absolute atomic E-state index is 0.0449. The second-order valence-electron chi connectivity index (χ2n) is 8.48. The van der Waals surface area contributed by atoms with Gasteiger partial charge in [-0.1, -0.05) is 78.9 Å². The summed E-state index contributed by atoms with van der Waals surface area (Å²) in [5.41, 5.74) is 5.72. The van der Waals surface area contributed by atoms with Gasteiger partial charge in [-0.25, -0.2) is 9.59 Å². The Bertz CT molecular complexity index is 1100. The summed E-state index contributed by atoms with van der Waals surface area (Å²) in [6, 6.07) is 25.4. The van der Waals surface area contributed by atoms with E-state index in [9.17, 15) is 14.7 Å². The number of nitrogens with zero attached hydrogens (tertiary/aromatic N) is 1. The number of benzene rings is 3. The van der Waals surface area contributed by atoms with Crippen molar-refractivity contribution >= 4 is 12.1 Å². The number of piperidine rings is 1. The normalized spacial score (nSPS) is 19.8. The molecule has 1 aliphatic heterocycles. The van der Waals surface area contributed by atoms with Crippen LogP contribution in [-0.2, 0) is 9.53 Å². The first-order valence-electron chi connectivity index (χ1n) is 11.0. The Kier molecular flexibility index (Phi) is 5.39. The van der Waals surface area contributed by atoms with E-state index in [1.165, 1.54) is 4.90 Å². The van der Waals surface area contributed by atoms with Crippen LogP contribution < -0.4 is 0 Å². The van der Waals surface area contributed by atoms with E-state index < -0.39 is 18.1 Å². The number of rotatable bonds is 4. The Balaban J connectivity index is 1.31. The lowest BCUT2D eigenvalue weighted by molar-refractivity contribution is -0.144. The summed E-state index contributed by atoms with van der Waals surface area (Å²) in [4.78, 5) is 26.3. The average molecular weight is 428 g/mol. The molecule has 1 fully saturated rings. The molecule has 2 aliphatic rings. The smallest absolute Gasteiger partial charge is 0.410 e. The molecule has 5 nitrogen and oxygen atoms in total. The van der Waals surface area contributed by atoms with Gasteiger partial charge in [0.05, 0.1) is 0 Å². The molecule has 5 rings (SSSR count). The number of aliphatic carboxylic acids is 1. The van der Waals surface area contributed by atoms with E-state index in [2.05, 4.69) is 24.3 Å². The Morgan fingerprint density at radius 2 is 1.47 bits per heavy atom. The van der Waals surface area contributed by atoms with Gasteiger partial charge in [-0.2, -0.15) is 0 Å². The van der Waals surface area contributed by atoms with E-state index in [1.54, 1.807) is 0 Å². The highest BCUT2D eigenvalue weighted by Gasteiger charge is 2.38. The number of hydrogen-bond donors (Lipinski definition) is 1. The molecule has 1 N–H and O–H groups in total. The first-order chi connectivity index (χ1) is 15.6. The van der Waals surface area contributed by atoms with E-state index >= 15 is 0 Å². The Morgan fingerprint density at radius 3 is 2.09 bits per heavy atom. The van der Waals surface area contributed by atoms with Crippen LogP contribution in [0.15, 0.2) is 78.9 Å². The number of likely N-dealkylation sites (tertiary alicyclic amines) is 1. The molecule has 0 spiro atoms. The van der Waals surface area contributed by atoms with Crippen LogP contribution in [0.25, 0.3) is 11.1 Å². The third-order valence-electron chi connectivity index (χ3n) is 6.73. The van der Waals surface area contributed by atoms with Gasteiger partial charge in [0.1, 0.15) is 12.6 Å². The Morgan fingerprint density at radius 1 is 0.875 bits per heavy atom. The van der Waals surface area contributed by atoms with Crippen LogP contribution in [-0.4, -0.2) is 41.3 Å². The van der Waals surface area contributed by atoms with Crippen molar-refractivity contribution in [3.05, 3.63) is 95.6 Å². The van der Waals surface area contributed by atoms with Crippen molar-refractivity contribution in [3.63, 3.8) is 0 Å². The van der Waals surface area contributed by atoms with Crippen molar-refractivity contribution in [2.75, 3.05) is 13.2 Å². The highest BCUT2D eigenvalue weighted by Crippen LogP contribution is 2.44. The molecule has 3 aromatic carbocycles. The molecule has 0 saturated carbocycles. The summed E-state index contributed by atoms with van der Waals surface area (Å²) in [6.07, 6.45) is 0.562. The fourth-order valence-electron chi connectivity index (χ4n) is 5.12. The molecule has 0 aromatic heterocycles. The molecule has 3 aromatic rings. The monoisotopic (exact) mass is 427 g/mol. The number of amides is 1. The lowest BCUT2D eigenvalue weighted by Gasteiger charge is -2.36. The zero-order chi connectivity index (χ0) is 22.1. The van der Waals surface area contributed by atoms with Gasteiger partial charge in [0.2, 0.25) is 0 Å². The van der Waals surface area contributed by atoms with Crippen molar-refractivity contribution < 1.29 is 19.4 Å². The summed E-state index contributed by atoms with van der Waals surface area (Å²) in [6.45, 7) is 0.561. The number of carboxylic acids is 1. The lowest BCUT2D eigenvalue weighted by Crippen LogP contribution is -2.50. The van der Waals surface area contributed by atoms with Gasteiger partial charge < -0.3 is 9.84 Å². The molecule has 1 amide bonds. The molecule has 0 bridgehead atoms. The van der Waals surface area contributed by atoms with Crippen molar-refractivity contribution in [2.24, 2.45) is 0 Å². The molecule has 5 heteroatoms. The zero-order valence-corrected chi connectivity index (χ0v) is 17.7. The molecule has 2 atom stereocenters. The summed E-state index contributed by atoms with van der Waals surface area (Å²) in [5, 5.41) is 9.81. The minimum Gasteiger partial charge on any atom is -0.480 e. The highest BCUT2D eigenvalue weighted by molar-refractivity contribution is 5.81. The van der Waals surface area contributed by atoms with Gasteiger partial charge in [0.15, 0.2) is 0 Å². The fraction of sp³-hybridized carbons (Fsp3) is 0.259. The SMILES string of the molecule is O=C(O)C1CC(c2ccccc2)CCN1C(=O)OCC1c2ccccc2-c2ccccc21. The van der Waals surface area contributed by atoms with Crippen LogP contribution >= 0.6 is 0 Å². The predicted octanol–water partition coefficient (Wildman–Crippen LogP) is 5.27. The molecular formula is C27H25NO4. The van der Waals surface area contributed by atoms with Crippen LogP contribution in [0.3, 0.4) is 0 Å². The molecule has 1 saturated heterocycles. The van der Waals surface area contributed by atoms with Gasteiger partial charge >= 0.3 is 12.1 Å². The Labute approximate surface area is 187 Å². The molecule has 2 unspecified atom stereocenters. The maximum Gasteiger partial charge on any atom is 0.410 e. The lowest BCUT2D eigenvalue weighted by atomic mass is 9.85. The van der Waals surface area contributed by atoms with Gasteiger partial charge in [-0.05, 0) is 46.6 Å². The third kappa shape index (κ3) is 3.64. The second-order valence-corrected chi connectivity index (χ2v) is 8.48. The molecule has 0 radical (unpaired) electrons. The molecule has 1 aliphatic carbocycles. The van der Waals surface area contributed by atoms with Crippen LogP contribution in [0, 0.1) is 0 Å². The second kappa shape index (κ2) is 8.50. The number of carbonyl (C=O) groups is 2. The number of hydrogen-bond acceptors (Lipinski definition) is 3. The fourth-order valence-corrected chi connectivity index (χ4v) is 5.12. The summed E-state index contributed by atoms with van der Waals surface area (Å²) < 4.78 is 5.72. The van der Waals surface area contributed by atoms with Crippen LogP contribution in [0.2, 0.25) is 0 Å². The number of carbonyl (C=O) groups excluding carboxylic acids is 1. The predicted molar refractivity (Wildman–Crippen MR) is 122 cm³/mol. The summed E-state index contributed by atoms with van der Waals surface area (Å²) in [7, 11) is 0. The summed E-state index contributed by atoms with van der Waals surface area (Å²) >= 11 is 0. The van der Waals surface area contributed by atoms with Gasteiger partial charge in [0, 0.05) is 12.5 Å². The summed E-state index contributed by atoms with van der Waals surface area (Å²) in [5.74, 6) is -0.912. The minimum atomic E-state index is -0.987. The molecule has 1 heterocycles. The van der Waals surface area contributed by atoms with Crippen molar-refractivity contribution in [1.82, 2.24) is 4.90 Å². The van der Waals surface area contributed by atoms with Gasteiger partial charge in [-0.15, -0.1) is 0 Å². The number of fused-ring (bicyclic) bond motifs is 3. The van der Waals surface area contributed by atoms with Crippen LogP contribution in [0.4, 0.5) is 4.79 Å². The molecular weight excluding hydrogens is 402 g/mol. The Hall–Kier alpha value is -3.60.